The molecule has 1 aliphatic heterocycles. The number of hydrogen-bond acceptors (Lipinski definition) is 2. The molecule has 76 valence electrons. The van der Waals surface area contributed by atoms with Crippen molar-refractivity contribution in [2.75, 3.05) is 18.1 Å². The van der Waals surface area contributed by atoms with Gasteiger partial charge in [-0.2, -0.15) is 11.8 Å². The quantitative estimate of drug-likeness (QED) is 0.643. The molecule has 0 aliphatic carbocycles. The van der Waals surface area contributed by atoms with E-state index in [2.05, 4.69) is 32.5 Å². The summed E-state index contributed by atoms with van der Waals surface area (Å²) in [6.45, 7) is 7.32. The zero-order valence-electron chi connectivity index (χ0n) is 8.93. The molecule has 0 N–H and O–H groups in total. The predicted molar refractivity (Wildman–Crippen MR) is 60.0 cm³/mol. The maximum atomic E-state index is 5.60. The van der Waals surface area contributed by atoms with Crippen molar-refractivity contribution in [1.29, 1.82) is 0 Å². The molecular formula is C11H20OS. The third-order valence-corrected chi connectivity index (χ3v) is 3.95. The molecule has 1 fully saturated rings. The van der Waals surface area contributed by atoms with Crippen LogP contribution in [0.15, 0.2) is 11.8 Å². The highest BCUT2D eigenvalue weighted by molar-refractivity contribution is 7.99. The molecule has 1 atom stereocenters. The van der Waals surface area contributed by atoms with Crippen LogP contribution in [0.3, 0.4) is 0 Å². The van der Waals surface area contributed by atoms with Crippen LogP contribution in [0.2, 0.25) is 0 Å². The Kier molecular flexibility index (Phi) is 4.17. The Bertz CT molecular complexity index is 177. The zero-order chi connectivity index (χ0) is 9.73. The Morgan fingerprint density at radius 1 is 1.54 bits per heavy atom. The molecule has 0 aromatic heterocycles. The first-order valence-corrected chi connectivity index (χ1v) is 6.17. The topological polar surface area (TPSA) is 9.23 Å². The summed E-state index contributed by atoms with van der Waals surface area (Å²) in [4.78, 5) is 0. The van der Waals surface area contributed by atoms with Crippen LogP contribution in [-0.2, 0) is 4.74 Å². The van der Waals surface area contributed by atoms with E-state index >= 15 is 0 Å². The maximum absolute atomic E-state index is 5.60. The van der Waals surface area contributed by atoms with Gasteiger partial charge in [0.25, 0.3) is 0 Å². The van der Waals surface area contributed by atoms with Gasteiger partial charge in [-0.15, -0.1) is 0 Å². The van der Waals surface area contributed by atoms with E-state index in [0.29, 0.717) is 5.41 Å². The molecule has 1 heterocycles. The lowest BCUT2D eigenvalue weighted by atomic mass is 9.86. The predicted octanol–water partition coefficient (Wildman–Crippen LogP) is 3.46. The lowest BCUT2D eigenvalue weighted by Crippen LogP contribution is -2.24. The molecule has 13 heavy (non-hydrogen) atoms. The second kappa shape index (κ2) is 4.94. The van der Waals surface area contributed by atoms with Gasteiger partial charge in [-0.1, -0.05) is 6.92 Å². The van der Waals surface area contributed by atoms with E-state index in [1.165, 1.54) is 29.9 Å². The largest absolute Gasteiger partial charge is 0.501 e. The van der Waals surface area contributed by atoms with Crippen LogP contribution >= 0.6 is 11.8 Å². The molecule has 0 aromatic rings. The van der Waals surface area contributed by atoms with Gasteiger partial charge in [0.05, 0.1) is 12.9 Å². The first kappa shape index (κ1) is 11.0. The van der Waals surface area contributed by atoms with Crippen LogP contribution < -0.4 is 0 Å². The summed E-state index contributed by atoms with van der Waals surface area (Å²) in [6, 6.07) is 0. The van der Waals surface area contributed by atoms with Gasteiger partial charge in [-0.3, -0.25) is 0 Å². The van der Waals surface area contributed by atoms with E-state index in [0.717, 1.165) is 6.61 Å². The lowest BCUT2D eigenvalue weighted by molar-refractivity contribution is 0.123. The molecule has 1 unspecified atom stereocenters. The van der Waals surface area contributed by atoms with Crippen molar-refractivity contribution < 1.29 is 4.74 Å². The van der Waals surface area contributed by atoms with Crippen LogP contribution in [0.4, 0.5) is 0 Å². The van der Waals surface area contributed by atoms with Gasteiger partial charge in [-0.05, 0) is 38.0 Å². The Morgan fingerprint density at radius 3 is 2.77 bits per heavy atom. The van der Waals surface area contributed by atoms with Crippen molar-refractivity contribution in [2.24, 2.45) is 5.41 Å². The highest BCUT2D eigenvalue weighted by Gasteiger charge is 2.32. The lowest BCUT2D eigenvalue weighted by Gasteiger charge is -2.25. The summed E-state index contributed by atoms with van der Waals surface area (Å²) in [5, 5.41) is 0. The van der Waals surface area contributed by atoms with Gasteiger partial charge in [0.15, 0.2) is 0 Å². The van der Waals surface area contributed by atoms with E-state index in [-0.39, 0.29) is 0 Å². The maximum Gasteiger partial charge on any atom is 0.0937 e. The van der Waals surface area contributed by atoms with E-state index in [1.54, 1.807) is 0 Å². The molecule has 1 aliphatic rings. The Balaban J connectivity index is 2.36. The normalized spacial score (nSPS) is 27.3. The minimum absolute atomic E-state index is 0.469. The molecule has 0 spiro atoms. The summed E-state index contributed by atoms with van der Waals surface area (Å²) >= 11 is 2.06. The average Bonchev–Trinajstić information content (AvgIpc) is 2.53. The van der Waals surface area contributed by atoms with E-state index in [9.17, 15) is 0 Å². The molecule has 0 aromatic carbocycles. The number of ether oxygens (including phenoxy) is 1. The SMILES string of the molecule is CCC1(COC=C(C)C)CCSC1. The third-order valence-electron chi connectivity index (χ3n) is 2.64. The number of rotatable bonds is 4. The number of thioether (sulfide) groups is 1. The van der Waals surface area contributed by atoms with Crippen molar-refractivity contribution >= 4 is 11.8 Å². The van der Waals surface area contributed by atoms with Crippen molar-refractivity contribution in [3.8, 4) is 0 Å². The van der Waals surface area contributed by atoms with Crippen LogP contribution in [0.1, 0.15) is 33.6 Å². The molecule has 0 radical (unpaired) electrons. The second-order valence-electron chi connectivity index (χ2n) is 4.16. The molecule has 1 nitrogen and oxygen atoms in total. The molecule has 1 saturated heterocycles. The fourth-order valence-corrected chi connectivity index (χ4v) is 3.12. The first-order valence-electron chi connectivity index (χ1n) is 5.01. The van der Waals surface area contributed by atoms with E-state index in [4.69, 9.17) is 4.74 Å². The highest BCUT2D eigenvalue weighted by Crippen LogP contribution is 2.38. The van der Waals surface area contributed by atoms with Gasteiger partial charge in [0.1, 0.15) is 0 Å². The van der Waals surface area contributed by atoms with Crippen LogP contribution in [-0.4, -0.2) is 18.1 Å². The minimum atomic E-state index is 0.469. The van der Waals surface area contributed by atoms with Crippen LogP contribution in [0, 0.1) is 5.41 Å². The van der Waals surface area contributed by atoms with Gasteiger partial charge >= 0.3 is 0 Å². The monoisotopic (exact) mass is 200 g/mol. The fourth-order valence-electron chi connectivity index (χ4n) is 1.53. The smallest absolute Gasteiger partial charge is 0.0937 e. The molecule has 0 saturated carbocycles. The van der Waals surface area contributed by atoms with Crippen molar-refractivity contribution in [1.82, 2.24) is 0 Å². The molecule has 0 amide bonds. The van der Waals surface area contributed by atoms with Gasteiger partial charge in [-0.25, -0.2) is 0 Å². The van der Waals surface area contributed by atoms with Gasteiger partial charge in [0, 0.05) is 11.2 Å². The third kappa shape index (κ3) is 3.26. The summed E-state index contributed by atoms with van der Waals surface area (Å²) in [5.41, 5.74) is 1.72. The van der Waals surface area contributed by atoms with Crippen LogP contribution in [0.25, 0.3) is 0 Å². The van der Waals surface area contributed by atoms with Gasteiger partial charge in [0.2, 0.25) is 0 Å². The Morgan fingerprint density at radius 2 is 2.31 bits per heavy atom. The summed E-state index contributed by atoms with van der Waals surface area (Å²) in [7, 11) is 0. The summed E-state index contributed by atoms with van der Waals surface area (Å²) < 4.78 is 5.60. The molecular weight excluding hydrogens is 180 g/mol. The molecule has 2 heteroatoms. The number of allylic oxidation sites excluding steroid dienone is 1. The fraction of sp³-hybridized carbons (Fsp3) is 0.818. The van der Waals surface area contributed by atoms with E-state index < -0.39 is 0 Å². The number of hydrogen-bond donors (Lipinski definition) is 0. The zero-order valence-corrected chi connectivity index (χ0v) is 9.75. The highest BCUT2D eigenvalue weighted by atomic mass is 32.2. The van der Waals surface area contributed by atoms with Crippen molar-refractivity contribution in [3.63, 3.8) is 0 Å². The first-order chi connectivity index (χ1) is 6.18. The Labute approximate surface area is 85.9 Å². The second-order valence-corrected chi connectivity index (χ2v) is 5.27. The molecule has 1 rings (SSSR count). The summed E-state index contributed by atoms with van der Waals surface area (Å²) in [6.07, 6.45) is 4.46. The summed E-state index contributed by atoms with van der Waals surface area (Å²) in [5.74, 6) is 2.59. The average molecular weight is 200 g/mol. The molecule has 0 bridgehead atoms. The van der Waals surface area contributed by atoms with Crippen LogP contribution in [0.5, 0.6) is 0 Å². The minimum Gasteiger partial charge on any atom is -0.501 e. The van der Waals surface area contributed by atoms with E-state index in [1.807, 2.05) is 6.26 Å². The van der Waals surface area contributed by atoms with Crippen molar-refractivity contribution in [2.45, 2.75) is 33.6 Å². The Hall–Kier alpha value is -0.110. The standard InChI is InChI=1S/C11H20OS/c1-4-11(5-6-13-9-11)8-12-7-10(2)3/h7H,4-6,8-9H2,1-3H3. The van der Waals surface area contributed by atoms with Crippen molar-refractivity contribution in [3.05, 3.63) is 11.8 Å². The van der Waals surface area contributed by atoms with Gasteiger partial charge < -0.3 is 4.74 Å².